The Morgan fingerprint density at radius 2 is 2.11 bits per heavy atom. The van der Waals surface area contributed by atoms with Crippen LogP contribution < -0.4 is 5.73 Å². The maximum absolute atomic E-state index is 10.6. The van der Waals surface area contributed by atoms with Crippen LogP contribution >= 0.6 is 34.9 Å². The average Bonchev–Trinajstić information content (AvgIpc) is 2.93. The number of rotatable bonds is 6. The van der Waals surface area contributed by atoms with E-state index in [1.54, 1.807) is 6.92 Å². The van der Waals surface area contributed by atoms with Gasteiger partial charge in [0.2, 0.25) is 11.8 Å². The van der Waals surface area contributed by atoms with Crippen LogP contribution in [0.4, 0.5) is 0 Å². The number of nitrogens with two attached hydrogens (primary N) is 1. The molecule has 0 atom stereocenters. The number of aryl methyl sites for hydroxylation is 1. The standard InChI is InChI=1S/C8H9N5O2S3/c1-4-10-6(15-13-4)3-17-8-12-11-7(18-8)16-2-5(9)14/h2-3H2,1H3,(H2,9,14). The zero-order valence-electron chi connectivity index (χ0n) is 9.32. The fourth-order valence-electron chi connectivity index (χ4n) is 0.969. The fourth-order valence-corrected chi connectivity index (χ4v) is 3.57. The smallest absolute Gasteiger partial charge is 0.237 e. The van der Waals surface area contributed by atoms with E-state index in [0.717, 1.165) is 8.68 Å². The first-order valence-corrected chi connectivity index (χ1v) is 7.59. The Labute approximate surface area is 115 Å². The number of aromatic nitrogens is 4. The van der Waals surface area contributed by atoms with Gasteiger partial charge in [-0.15, -0.1) is 10.2 Å². The number of thioether (sulfide) groups is 2. The number of carbonyl (C=O) groups excluding carboxylic acids is 1. The summed E-state index contributed by atoms with van der Waals surface area (Å²) in [5, 5.41) is 11.6. The molecule has 0 aliphatic heterocycles. The van der Waals surface area contributed by atoms with Crippen molar-refractivity contribution in [2.45, 2.75) is 21.4 Å². The quantitative estimate of drug-likeness (QED) is 0.790. The van der Waals surface area contributed by atoms with Crippen LogP contribution in [0.2, 0.25) is 0 Å². The van der Waals surface area contributed by atoms with Crippen molar-refractivity contribution in [2.75, 3.05) is 5.75 Å². The van der Waals surface area contributed by atoms with Crippen LogP contribution in [-0.4, -0.2) is 32.0 Å². The molecule has 2 aromatic rings. The molecule has 0 aliphatic rings. The summed E-state index contributed by atoms with van der Waals surface area (Å²) in [6.45, 7) is 1.77. The predicted octanol–water partition coefficient (Wildman–Crippen LogP) is 1.10. The molecule has 0 aromatic carbocycles. The van der Waals surface area contributed by atoms with Gasteiger partial charge in [-0.25, -0.2) is 0 Å². The van der Waals surface area contributed by atoms with E-state index in [1.807, 2.05) is 0 Å². The van der Waals surface area contributed by atoms with Crippen LogP contribution in [0.15, 0.2) is 13.2 Å². The molecule has 0 fully saturated rings. The monoisotopic (exact) mass is 303 g/mol. The molecule has 0 aliphatic carbocycles. The van der Waals surface area contributed by atoms with Crippen LogP contribution in [0.3, 0.4) is 0 Å². The Hall–Kier alpha value is -1.13. The third-order valence-corrected chi connectivity index (χ3v) is 4.81. The molecule has 0 unspecified atom stereocenters. The lowest BCUT2D eigenvalue weighted by Gasteiger charge is -1.90. The summed E-state index contributed by atoms with van der Waals surface area (Å²) < 4.78 is 6.49. The second-order valence-corrected chi connectivity index (χ2v) is 6.54. The summed E-state index contributed by atoms with van der Waals surface area (Å²) in [6.07, 6.45) is 0. The minimum absolute atomic E-state index is 0.210. The third kappa shape index (κ3) is 3.96. The maximum atomic E-state index is 10.6. The molecule has 2 N–H and O–H groups in total. The van der Waals surface area contributed by atoms with Crippen molar-refractivity contribution >= 4 is 40.8 Å². The summed E-state index contributed by atoms with van der Waals surface area (Å²) in [5.74, 6) is 1.56. The fraction of sp³-hybridized carbons (Fsp3) is 0.375. The summed E-state index contributed by atoms with van der Waals surface area (Å²) in [7, 11) is 0. The molecule has 18 heavy (non-hydrogen) atoms. The topological polar surface area (TPSA) is 108 Å². The van der Waals surface area contributed by atoms with E-state index >= 15 is 0 Å². The summed E-state index contributed by atoms with van der Waals surface area (Å²) in [6, 6.07) is 0. The Morgan fingerprint density at radius 3 is 2.72 bits per heavy atom. The average molecular weight is 303 g/mol. The summed E-state index contributed by atoms with van der Waals surface area (Å²) >= 11 is 4.15. The first kappa shape index (κ1) is 13.3. The van der Waals surface area contributed by atoms with Gasteiger partial charge < -0.3 is 10.3 Å². The molecule has 2 rings (SSSR count). The Balaban J connectivity index is 1.84. The lowest BCUT2D eigenvalue weighted by Crippen LogP contribution is -2.12. The van der Waals surface area contributed by atoms with Gasteiger partial charge in [-0.3, -0.25) is 4.79 Å². The molecule has 1 amide bonds. The van der Waals surface area contributed by atoms with E-state index < -0.39 is 0 Å². The van der Waals surface area contributed by atoms with E-state index in [9.17, 15) is 4.79 Å². The molecule has 0 radical (unpaired) electrons. The van der Waals surface area contributed by atoms with E-state index in [0.29, 0.717) is 17.5 Å². The number of hydrogen-bond acceptors (Lipinski definition) is 9. The van der Waals surface area contributed by atoms with Crippen LogP contribution in [0, 0.1) is 6.92 Å². The van der Waals surface area contributed by atoms with Crippen molar-refractivity contribution in [2.24, 2.45) is 5.73 Å². The largest absolute Gasteiger partial charge is 0.369 e. The van der Waals surface area contributed by atoms with Crippen molar-refractivity contribution < 1.29 is 9.32 Å². The molecule has 0 bridgehead atoms. The number of primary amides is 1. The van der Waals surface area contributed by atoms with E-state index in [-0.39, 0.29) is 11.7 Å². The molecule has 2 heterocycles. The zero-order chi connectivity index (χ0) is 13.0. The second-order valence-electron chi connectivity index (χ2n) is 3.11. The lowest BCUT2D eigenvalue weighted by molar-refractivity contribution is -0.115. The highest BCUT2D eigenvalue weighted by Crippen LogP contribution is 2.30. The van der Waals surface area contributed by atoms with Gasteiger partial charge >= 0.3 is 0 Å². The Bertz CT molecular complexity index is 540. The maximum Gasteiger partial charge on any atom is 0.237 e. The highest BCUT2D eigenvalue weighted by molar-refractivity contribution is 8.03. The number of carbonyl (C=O) groups is 1. The van der Waals surface area contributed by atoms with Gasteiger partial charge in [-0.2, -0.15) is 4.98 Å². The molecule has 7 nitrogen and oxygen atoms in total. The third-order valence-electron chi connectivity index (χ3n) is 1.61. The summed E-state index contributed by atoms with van der Waals surface area (Å²) in [5.41, 5.74) is 5.05. The molecule has 96 valence electrons. The normalized spacial score (nSPS) is 10.7. The van der Waals surface area contributed by atoms with Gasteiger partial charge in [0.1, 0.15) is 0 Å². The predicted molar refractivity (Wildman–Crippen MR) is 68.4 cm³/mol. The summed E-state index contributed by atoms with van der Waals surface area (Å²) in [4.78, 5) is 14.7. The Morgan fingerprint density at radius 1 is 1.39 bits per heavy atom. The van der Waals surface area contributed by atoms with Crippen LogP contribution in [0.5, 0.6) is 0 Å². The SMILES string of the molecule is Cc1noc(CSc2nnc(SCC(N)=O)s2)n1. The first-order chi connectivity index (χ1) is 8.63. The number of amides is 1. The number of hydrogen-bond donors (Lipinski definition) is 1. The van der Waals surface area contributed by atoms with Crippen molar-refractivity contribution in [3.05, 3.63) is 11.7 Å². The van der Waals surface area contributed by atoms with E-state index in [2.05, 4.69) is 20.3 Å². The molecular weight excluding hydrogens is 294 g/mol. The molecule has 0 saturated carbocycles. The Kier molecular flexibility index (Phi) is 4.55. The molecule has 2 aromatic heterocycles. The van der Waals surface area contributed by atoms with Gasteiger partial charge in [0.05, 0.1) is 11.5 Å². The minimum Gasteiger partial charge on any atom is -0.369 e. The second kappa shape index (κ2) is 6.16. The van der Waals surface area contributed by atoms with Crippen molar-refractivity contribution in [3.63, 3.8) is 0 Å². The van der Waals surface area contributed by atoms with Gasteiger partial charge in [0, 0.05) is 0 Å². The highest BCUT2D eigenvalue weighted by atomic mass is 32.2. The highest BCUT2D eigenvalue weighted by Gasteiger charge is 2.09. The van der Waals surface area contributed by atoms with Crippen LogP contribution in [0.25, 0.3) is 0 Å². The van der Waals surface area contributed by atoms with Gasteiger partial charge in [0.15, 0.2) is 14.5 Å². The van der Waals surface area contributed by atoms with Crippen molar-refractivity contribution in [3.8, 4) is 0 Å². The van der Waals surface area contributed by atoms with Crippen LogP contribution in [0.1, 0.15) is 11.7 Å². The van der Waals surface area contributed by atoms with Crippen molar-refractivity contribution in [1.82, 2.24) is 20.3 Å². The zero-order valence-corrected chi connectivity index (χ0v) is 11.8. The molecule has 0 spiro atoms. The molecular formula is C8H9N5O2S3. The first-order valence-electron chi connectivity index (χ1n) is 4.80. The van der Waals surface area contributed by atoms with Crippen LogP contribution in [-0.2, 0) is 10.5 Å². The van der Waals surface area contributed by atoms with Gasteiger partial charge in [0.25, 0.3) is 0 Å². The van der Waals surface area contributed by atoms with Gasteiger partial charge in [-0.05, 0) is 6.92 Å². The molecule has 0 saturated heterocycles. The van der Waals surface area contributed by atoms with Crippen molar-refractivity contribution in [1.29, 1.82) is 0 Å². The van der Waals surface area contributed by atoms with E-state index in [4.69, 9.17) is 10.3 Å². The molecule has 10 heteroatoms. The number of nitrogens with zero attached hydrogens (tertiary/aromatic N) is 4. The lowest BCUT2D eigenvalue weighted by atomic mass is 10.7. The minimum atomic E-state index is -0.370. The van der Waals surface area contributed by atoms with E-state index in [1.165, 1.54) is 34.9 Å². The van der Waals surface area contributed by atoms with Gasteiger partial charge in [-0.1, -0.05) is 40.0 Å².